The Hall–Kier alpha value is -2.55. The fourth-order valence-corrected chi connectivity index (χ4v) is 2.98. The zero-order chi connectivity index (χ0) is 20.8. The maximum atomic E-state index is 13.6. The number of thioether (sulfide) groups is 1. The van der Waals surface area contributed by atoms with E-state index in [9.17, 15) is 18.4 Å². The van der Waals surface area contributed by atoms with Gasteiger partial charge in [0.25, 0.3) is 5.91 Å². The molecular weight excluding hydrogens is 388 g/mol. The Morgan fingerprint density at radius 1 is 1.21 bits per heavy atom. The van der Waals surface area contributed by atoms with E-state index in [-0.39, 0.29) is 12.1 Å². The van der Waals surface area contributed by atoms with E-state index in [2.05, 4.69) is 15.3 Å². The first-order valence-corrected chi connectivity index (χ1v) is 9.77. The van der Waals surface area contributed by atoms with E-state index in [0.29, 0.717) is 11.6 Å². The van der Waals surface area contributed by atoms with Crippen molar-refractivity contribution in [3.05, 3.63) is 46.8 Å². The predicted octanol–water partition coefficient (Wildman–Crippen LogP) is 3.60. The fraction of sp³-hybridized carbons (Fsp3) is 0.368. The molecule has 0 aliphatic rings. The molecule has 0 aliphatic carbocycles. The third-order valence-corrected chi connectivity index (χ3v) is 4.57. The van der Waals surface area contributed by atoms with Gasteiger partial charge in [0.05, 0.1) is 5.69 Å². The number of carbonyl (C=O) groups is 2. The van der Waals surface area contributed by atoms with Crippen molar-refractivity contribution >= 4 is 29.3 Å². The third kappa shape index (κ3) is 5.72. The van der Waals surface area contributed by atoms with Gasteiger partial charge >= 0.3 is 5.97 Å². The van der Waals surface area contributed by atoms with Crippen LogP contribution in [0.25, 0.3) is 0 Å². The average molecular weight is 409 g/mol. The molecule has 9 heteroatoms. The van der Waals surface area contributed by atoms with Crippen LogP contribution >= 0.6 is 11.8 Å². The Bertz CT molecular complexity index is 870. The van der Waals surface area contributed by atoms with E-state index in [4.69, 9.17) is 4.74 Å². The number of amides is 1. The summed E-state index contributed by atoms with van der Waals surface area (Å²) in [6, 6.07) is 2.69. The van der Waals surface area contributed by atoms with E-state index in [1.54, 1.807) is 0 Å². The van der Waals surface area contributed by atoms with E-state index in [0.717, 1.165) is 35.2 Å². The predicted molar refractivity (Wildman–Crippen MR) is 102 cm³/mol. The zero-order valence-electron chi connectivity index (χ0n) is 16.0. The molecule has 1 N–H and O–H groups in total. The molecule has 0 unspecified atom stereocenters. The molecule has 1 aromatic heterocycles. The summed E-state index contributed by atoms with van der Waals surface area (Å²) in [6.07, 6.45) is 1.13. The Balaban J connectivity index is 1.92. The van der Waals surface area contributed by atoms with Gasteiger partial charge in [0, 0.05) is 23.9 Å². The van der Waals surface area contributed by atoms with Crippen molar-refractivity contribution in [2.24, 2.45) is 0 Å². The number of esters is 1. The molecule has 1 amide bonds. The van der Waals surface area contributed by atoms with E-state index >= 15 is 0 Å². The first kappa shape index (κ1) is 21.7. The van der Waals surface area contributed by atoms with Crippen molar-refractivity contribution in [3.8, 4) is 0 Å². The van der Waals surface area contributed by atoms with Crippen LogP contribution in [-0.2, 0) is 20.7 Å². The van der Waals surface area contributed by atoms with Gasteiger partial charge < -0.3 is 10.1 Å². The summed E-state index contributed by atoms with van der Waals surface area (Å²) in [5.41, 5.74) is 2.12. The van der Waals surface area contributed by atoms with Crippen molar-refractivity contribution in [1.82, 2.24) is 9.97 Å². The Morgan fingerprint density at radius 3 is 2.46 bits per heavy atom. The minimum absolute atomic E-state index is 0.0373. The summed E-state index contributed by atoms with van der Waals surface area (Å²) in [6.45, 7) is 5.05. The summed E-state index contributed by atoms with van der Waals surface area (Å²) >= 11 is 1.44. The number of aromatic nitrogens is 2. The van der Waals surface area contributed by atoms with Crippen molar-refractivity contribution < 1.29 is 23.1 Å². The van der Waals surface area contributed by atoms with Crippen molar-refractivity contribution in [2.45, 2.75) is 44.9 Å². The molecule has 1 aromatic carbocycles. The number of nitrogens with zero attached hydrogens (tertiary/aromatic N) is 2. The molecule has 2 aromatic rings. The Morgan fingerprint density at radius 2 is 1.86 bits per heavy atom. The number of benzene rings is 1. The van der Waals surface area contributed by atoms with Gasteiger partial charge in [-0.3, -0.25) is 9.59 Å². The molecule has 1 heterocycles. The lowest BCUT2D eigenvalue weighted by Crippen LogP contribution is -2.30. The first-order chi connectivity index (χ1) is 13.2. The van der Waals surface area contributed by atoms with Crippen LogP contribution in [0.15, 0.2) is 23.4 Å². The van der Waals surface area contributed by atoms with Crippen LogP contribution in [0.4, 0.5) is 14.5 Å². The van der Waals surface area contributed by atoms with Gasteiger partial charge in [0.2, 0.25) is 0 Å². The monoisotopic (exact) mass is 409 g/mol. The summed E-state index contributed by atoms with van der Waals surface area (Å²) in [4.78, 5) is 32.8. The maximum Gasteiger partial charge on any atom is 0.306 e. The first-order valence-electron chi connectivity index (χ1n) is 8.54. The molecule has 0 radical (unpaired) electrons. The second-order valence-electron chi connectivity index (χ2n) is 6.11. The Labute approximate surface area is 166 Å². The molecule has 6 nitrogen and oxygen atoms in total. The number of halogens is 2. The molecule has 150 valence electrons. The lowest BCUT2D eigenvalue weighted by atomic mass is 10.1. The number of aryl methyl sites for hydroxylation is 2. The smallest absolute Gasteiger partial charge is 0.306 e. The average Bonchev–Trinajstić information content (AvgIpc) is 2.63. The molecule has 0 saturated carbocycles. The van der Waals surface area contributed by atoms with Crippen molar-refractivity contribution in [1.29, 1.82) is 0 Å². The Kier molecular flexibility index (Phi) is 7.45. The van der Waals surface area contributed by atoms with E-state index in [1.165, 1.54) is 18.7 Å². The van der Waals surface area contributed by atoms with E-state index in [1.807, 2.05) is 20.1 Å². The standard InChI is InChI=1S/C19H21F2N3O3S/c1-10-14(11(2)23-19(22-10)28-4)6-8-17(25)27-12(3)18(26)24-16-9-13(20)5-7-15(16)21/h5,7,9,12H,6,8H2,1-4H3,(H,24,26)/t12-/m1/s1. The van der Waals surface area contributed by atoms with Gasteiger partial charge in [-0.1, -0.05) is 11.8 Å². The number of hydrogen-bond acceptors (Lipinski definition) is 6. The maximum absolute atomic E-state index is 13.6. The van der Waals surface area contributed by atoms with Gasteiger partial charge in [-0.05, 0) is 51.1 Å². The number of rotatable bonds is 7. The molecule has 1 atom stereocenters. The zero-order valence-corrected chi connectivity index (χ0v) is 16.8. The van der Waals surface area contributed by atoms with Crippen molar-refractivity contribution in [2.75, 3.05) is 11.6 Å². The fourth-order valence-electron chi connectivity index (χ4n) is 2.53. The molecule has 28 heavy (non-hydrogen) atoms. The molecule has 2 rings (SSSR count). The summed E-state index contributed by atoms with van der Waals surface area (Å²) < 4.78 is 31.8. The van der Waals surface area contributed by atoms with Crippen LogP contribution in [0.3, 0.4) is 0 Å². The van der Waals surface area contributed by atoms with Crippen LogP contribution in [0.1, 0.15) is 30.3 Å². The lowest BCUT2D eigenvalue weighted by Gasteiger charge is -2.14. The number of hydrogen-bond donors (Lipinski definition) is 1. The minimum Gasteiger partial charge on any atom is -0.453 e. The highest BCUT2D eigenvalue weighted by Crippen LogP contribution is 2.18. The summed E-state index contributed by atoms with van der Waals surface area (Å²) in [5.74, 6) is -2.82. The number of ether oxygens (including phenoxy) is 1. The highest BCUT2D eigenvalue weighted by Gasteiger charge is 2.20. The molecular formula is C19H21F2N3O3S. The quantitative estimate of drug-likeness (QED) is 0.428. The largest absolute Gasteiger partial charge is 0.453 e. The van der Waals surface area contributed by atoms with Crippen LogP contribution in [0.2, 0.25) is 0 Å². The highest BCUT2D eigenvalue weighted by atomic mass is 32.2. The number of anilines is 1. The third-order valence-electron chi connectivity index (χ3n) is 4.03. The summed E-state index contributed by atoms with van der Waals surface area (Å²) in [7, 11) is 0. The second-order valence-corrected chi connectivity index (χ2v) is 6.88. The molecule has 0 fully saturated rings. The number of nitrogens with one attached hydrogen (secondary N) is 1. The normalized spacial score (nSPS) is 11.8. The lowest BCUT2D eigenvalue weighted by molar-refractivity contribution is -0.153. The second kappa shape index (κ2) is 9.59. The van der Waals surface area contributed by atoms with Crippen molar-refractivity contribution in [3.63, 3.8) is 0 Å². The molecule has 0 spiro atoms. The molecule has 0 saturated heterocycles. The highest BCUT2D eigenvalue weighted by molar-refractivity contribution is 7.98. The topological polar surface area (TPSA) is 81.2 Å². The van der Waals surface area contributed by atoms with E-state index < -0.39 is 29.6 Å². The van der Waals surface area contributed by atoms with Gasteiger partial charge in [0.15, 0.2) is 11.3 Å². The minimum atomic E-state index is -1.16. The van der Waals surface area contributed by atoms with Gasteiger partial charge in [-0.25, -0.2) is 18.7 Å². The van der Waals surface area contributed by atoms with Gasteiger partial charge in [0.1, 0.15) is 11.6 Å². The molecule has 0 bridgehead atoms. The van der Waals surface area contributed by atoms with Crippen LogP contribution in [0, 0.1) is 25.5 Å². The SMILES string of the molecule is CSc1nc(C)c(CCC(=O)O[C@H](C)C(=O)Nc2cc(F)ccc2F)c(C)n1. The van der Waals surface area contributed by atoms with Crippen LogP contribution in [0.5, 0.6) is 0 Å². The van der Waals surface area contributed by atoms with Crippen LogP contribution in [-0.4, -0.2) is 34.2 Å². The van der Waals surface area contributed by atoms with Gasteiger partial charge in [-0.2, -0.15) is 0 Å². The molecule has 0 aliphatic heterocycles. The van der Waals surface area contributed by atoms with Crippen LogP contribution < -0.4 is 5.32 Å². The number of carbonyl (C=O) groups excluding carboxylic acids is 2. The summed E-state index contributed by atoms with van der Waals surface area (Å²) in [5, 5.41) is 2.87. The van der Waals surface area contributed by atoms with Gasteiger partial charge in [-0.15, -0.1) is 0 Å².